The van der Waals surface area contributed by atoms with Gasteiger partial charge in [0.25, 0.3) is 0 Å². The Hall–Kier alpha value is -0.220. The van der Waals surface area contributed by atoms with Crippen LogP contribution in [0, 0.1) is 6.92 Å². The first-order chi connectivity index (χ1) is 7.81. The molecule has 18 heavy (non-hydrogen) atoms. The van der Waals surface area contributed by atoms with Gasteiger partial charge < -0.3 is 9.73 Å². The quantitative estimate of drug-likeness (QED) is 0.925. The van der Waals surface area contributed by atoms with Crippen LogP contribution >= 0.6 is 24.8 Å². The van der Waals surface area contributed by atoms with Crippen molar-refractivity contribution < 1.29 is 4.42 Å². The Morgan fingerprint density at radius 2 is 1.94 bits per heavy atom. The summed E-state index contributed by atoms with van der Waals surface area (Å²) in [6, 6.07) is 4.68. The molecule has 5 heteroatoms. The van der Waals surface area contributed by atoms with Crippen LogP contribution in [0.5, 0.6) is 0 Å². The molecular formula is C13H24Cl2N2O. The van der Waals surface area contributed by atoms with Gasteiger partial charge in [0.2, 0.25) is 0 Å². The van der Waals surface area contributed by atoms with Gasteiger partial charge in [-0.1, -0.05) is 13.3 Å². The Morgan fingerprint density at radius 3 is 2.44 bits per heavy atom. The minimum absolute atomic E-state index is 0. The Morgan fingerprint density at radius 1 is 1.28 bits per heavy atom. The summed E-state index contributed by atoms with van der Waals surface area (Å²) in [4.78, 5) is 2.54. The molecule has 0 radical (unpaired) electrons. The van der Waals surface area contributed by atoms with Crippen molar-refractivity contribution in [3.05, 3.63) is 23.7 Å². The number of halogens is 2. The molecule has 1 fully saturated rings. The third kappa shape index (κ3) is 4.47. The summed E-state index contributed by atoms with van der Waals surface area (Å²) < 4.78 is 5.79. The first-order valence-corrected chi connectivity index (χ1v) is 6.32. The van der Waals surface area contributed by atoms with Crippen LogP contribution in [-0.2, 0) is 0 Å². The van der Waals surface area contributed by atoms with Gasteiger partial charge in [-0.2, -0.15) is 0 Å². The second-order valence-electron chi connectivity index (χ2n) is 4.54. The Balaban J connectivity index is 0.00000144. The van der Waals surface area contributed by atoms with E-state index in [1.54, 1.807) is 0 Å². The molecule has 0 spiro atoms. The van der Waals surface area contributed by atoms with Crippen molar-refractivity contribution in [1.82, 2.24) is 10.2 Å². The molecule has 1 aliphatic rings. The van der Waals surface area contributed by atoms with Crippen LogP contribution in [0.2, 0.25) is 0 Å². The number of hydrogen-bond acceptors (Lipinski definition) is 3. The zero-order valence-corrected chi connectivity index (χ0v) is 12.8. The standard InChI is InChI=1S/C13H22N2O.2ClH/c1-3-4-12(13-6-5-11(2)16-13)15-9-7-14-8-10-15;;/h5-6,12,14H,3-4,7-10H2,1-2H3;2*1H/t12-;;/m0../s1. The molecule has 3 nitrogen and oxygen atoms in total. The highest BCUT2D eigenvalue weighted by Crippen LogP contribution is 2.27. The highest BCUT2D eigenvalue weighted by atomic mass is 35.5. The summed E-state index contributed by atoms with van der Waals surface area (Å²) in [6.07, 6.45) is 2.39. The predicted molar refractivity (Wildman–Crippen MR) is 80.0 cm³/mol. The lowest BCUT2D eigenvalue weighted by Crippen LogP contribution is -2.45. The number of aryl methyl sites for hydroxylation is 1. The minimum atomic E-state index is 0. The van der Waals surface area contributed by atoms with Gasteiger partial charge in [0.1, 0.15) is 11.5 Å². The molecule has 1 aliphatic heterocycles. The summed E-state index contributed by atoms with van der Waals surface area (Å²) in [6.45, 7) is 8.71. The van der Waals surface area contributed by atoms with Crippen molar-refractivity contribution >= 4 is 24.8 Å². The van der Waals surface area contributed by atoms with Gasteiger partial charge in [0.05, 0.1) is 6.04 Å². The van der Waals surface area contributed by atoms with Crippen molar-refractivity contribution in [2.75, 3.05) is 26.2 Å². The predicted octanol–water partition coefficient (Wildman–Crippen LogP) is 3.18. The van der Waals surface area contributed by atoms with Gasteiger partial charge in [-0.05, 0) is 25.5 Å². The van der Waals surface area contributed by atoms with E-state index in [4.69, 9.17) is 4.42 Å². The monoisotopic (exact) mass is 294 g/mol. The second kappa shape index (κ2) is 8.81. The van der Waals surface area contributed by atoms with Gasteiger partial charge in [-0.15, -0.1) is 24.8 Å². The van der Waals surface area contributed by atoms with Crippen molar-refractivity contribution in [3.8, 4) is 0 Å². The normalized spacial score (nSPS) is 17.7. The van der Waals surface area contributed by atoms with E-state index in [0.717, 1.165) is 37.7 Å². The Kier molecular flexibility index (Phi) is 8.70. The van der Waals surface area contributed by atoms with E-state index in [-0.39, 0.29) is 24.8 Å². The summed E-state index contributed by atoms with van der Waals surface area (Å²) >= 11 is 0. The molecule has 0 aliphatic carbocycles. The van der Waals surface area contributed by atoms with E-state index in [1.165, 1.54) is 12.8 Å². The zero-order valence-electron chi connectivity index (χ0n) is 11.1. The van der Waals surface area contributed by atoms with Crippen LogP contribution in [0.15, 0.2) is 16.5 Å². The van der Waals surface area contributed by atoms with Gasteiger partial charge in [-0.3, -0.25) is 4.90 Å². The van der Waals surface area contributed by atoms with Crippen molar-refractivity contribution in [1.29, 1.82) is 0 Å². The number of rotatable bonds is 4. The van der Waals surface area contributed by atoms with E-state index in [0.29, 0.717) is 6.04 Å². The molecule has 0 amide bonds. The maximum atomic E-state index is 5.79. The zero-order chi connectivity index (χ0) is 11.4. The molecule has 2 heterocycles. The highest BCUT2D eigenvalue weighted by molar-refractivity contribution is 5.85. The van der Waals surface area contributed by atoms with E-state index in [2.05, 4.69) is 29.3 Å². The van der Waals surface area contributed by atoms with E-state index < -0.39 is 0 Å². The topological polar surface area (TPSA) is 28.4 Å². The van der Waals surface area contributed by atoms with Gasteiger partial charge >= 0.3 is 0 Å². The van der Waals surface area contributed by atoms with Crippen LogP contribution in [0.3, 0.4) is 0 Å². The van der Waals surface area contributed by atoms with Crippen LogP contribution in [0.4, 0.5) is 0 Å². The molecule has 0 saturated carbocycles. The number of piperazine rings is 1. The molecule has 0 bridgehead atoms. The van der Waals surface area contributed by atoms with Crippen molar-refractivity contribution in [2.45, 2.75) is 32.7 Å². The SMILES string of the molecule is CCC[C@@H](c1ccc(C)o1)N1CCNCC1.Cl.Cl. The summed E-state index contributed by atoms with van der Waals surface area (Å²) in [5, 5.41) is 3.40. The number of nitrogens with one attached hydrogen (secondary N) is 1. The Bertz CT molecular complexity index is 325. The lowest BCUT2D eigenvalue weighted by molar-refractivity contribution is 0.145. The van der Waals surface area contributed by atoms with Gasteiger partial charge in [0, 0.05) is 26.2 Å². The maximum Gasteiger partial charge on any atom is 0.121 e. The fourth-order valence-corrected chi connectivity index (χ4v) is 2.40. The van der Waals surface area contributed by atoms with Crippen LogP contribution < -0.4 is 5.32 Å². The molecule has 0 aromatic carbocycles. The molecule has 106 valence electrons. The average molecular weight is 295 g/mol. The minimum Gasteiger partial charge on any atom is -0.465 e. The van der Waals surface area contributed by atoms with Crippen molar-refractivity contribution in [3.63, 3.8) is 0 Å². The Labute approximate surface area is 122 Å². The first kappa shape index (κ1) is 17.8. The van der Waals surface area contributed by atoms with Crippen LogP contribution in [-0.4, -0.2) is 31.1 Å². The number of furan rings is 1. The molecule has 1 N–H and O–H groups in total. The molecule has 1 aromatic rings. The molecule has 1 aromatic heterocycles. The van der Waals surface area contributed by atoms with Crippen LogP contribution in [0.25, 0.3) is 0 Å². The lowest BCUT2D eigenvalue weighted by atomic mass is 10.1. The highest BCUT2D eigenvalue weighted by Gasteiger charge is 2.23. The molecular weight excluding hydrogens is 271 g/mol. The molecule has 0 unspecified atom stereocenters. The summed E-state index contributed by atoms with van der Waals surface area (Å²) in [7, 11) is 0. The summed E-state index contributed by atoms with van der Waals surface area (Å²) in [5.41, 5.74) is 0. The average Bonchev–Trinajstić information content (AvgIpc) is 2.74. The third-order valence-corrected chi connectivity index (χ3v) is 3.24. The maximum absolute atomic E-state index is 5.79. The van der Waals surface area contributed by atoms with Gasteiger partial charge in [-0.25, -0.2) is 0 Å². The molecule has 2 rings (SSSR count). The second-order valence-corrected chi connectivity index (χ2v) is 4.54. The largest absolute Gasteiger partial charge is 0.465 e. The number of nitrogens with zero attached hydrogens (tertiary/aromatic N) is 1. The molecule has 1 saturated heterocycles. The third-order valence-electron chi connectivity index (χ3n) is 3.24. The van der Waals surface area contributed by atoms with E-state index >= 15 is 0 Å². The number of hydrogen-bond donors (Lipinski definition) is 1. The summed E-state index contributed by atoms with van der Waals surface area (Å²) in [5.74, 6) is 2.16. The van der Waals surface area contributed by atoms with Crippen LogP contribution in [0.1, 0.15) is 37.3 Å². The fourth-order valence-electron chi connectivity index (χ4n) is 2.40. The fraction of sp³-hybridized carbons (Fsp3) is 0.692. The smallest absolute Gasteiger partial charge is 0.121 e. The van der Waals surface area contributed by atoms with Gasteiger partial charge in [0.15, 0.2) is 0 Å². The van der Waals surface area contributed by atoms with Crippen molar-refractivity contribution in [2.24, 2.45) is 0 Å². The van der Waals surface area contributed by atoms with E-state index in [1.807, 2.05) is 6.92 Å². The lowest BCUT2D eigenvalue weighted by Gasteiger charge is -2.33. The molecule has 1 atom stereocenters. The first-order valence-electron chi connectivity index (χ1n) is 6.32. The van der Waals surface area contributed by atoms with E-state index in [9.17, 15) is 0 Å².